The van der Waals surface area contributed by atoms with E-state index in [9.17, 15) is 29.1 Å². The fourth-order valence-electron chi connectivity index (χ4n) is 7.49. The number of rotatable bonds is 19. The molecule has 0 bridgehead atoms. The average Bonchev–Trinajstić information content (AvgIpc) is 3.69. The molecular weight excluding hydrogens is 743 g/mol. The summed E-state index contributed by atoms with van der Waals surface area (Å²) in [6.45, 7) is 11.7. The van der Waals surface area contributed by atoms with Crippen LogP contribution in [0.25, 0.3) is 11.1 Å². The lowest BCUT2D eigenvalue weighted by Crippen LogP contribution is -2.58. The molecular formula is C44H61N5O7S. The van der Waals surface area contributed by atoms with Crippen LogP contribution in [0.3, 0.4) is 0 Å². The molecule has 3 amide bonds. The van der Waals surface area contributed by atoms with E-state index in [0.29, 0.717) is 17.8 Å². The van der Waals surface area contributed by atoms with E-state index in [1.54, 1.807) is 24.3 Å². The van der Waals surface area contributed by atoms with Crippen molar-refractivity contribution in [1.82, 2.24) is 25.4 Å². The molecule has 2 heterocycles. The Bertz CT molecular complexity index is 1800. The largest absolute Gasteiger partial charge is 0.481 e. The number of piperidine rings is 1. The Labute approximate surface area is 341 Å². The number of thiazole rings is 1. The SMILES string of the molecule is CCC(C)[C@H](NC(=O)[C@H]1CCCCN1C)C(=O)N(C)C(C[C@@H](OC(C)=O)c1nc(C(=O)N[C@@H](Cc2ccc(-c3ccccc3)cc2)C[C@H](C)C(=O)O)cs1)C(C)C. The van der Waals surface area contributed by atoms with Crippen molar-refractivity contribution >= 4 is 41.0 Å². The van der Waals surface area contributed by atoms with E-state index >= 15 is 0 Å². The minimum atomic E-state index is -0.952. The summed E-state index contributed by atoms with van der Waals surface area (Å²) in [7, 11) is 3.66. The van der Waals surface area contributed by atoms with Gasteiger partial charge in [-0.1, -0.05) is 102 Å². The maximum absolute atomic E-state index is 14.2. The molecule has 1 saturated heterocycles. The van der Waals surface area contributed by atoms with Crippen LogP contribution in [0.15, 0.2) is 60.0 Å². The van der Waals surface area contributed by atoms with Gasteiger partial charge in [0.1, 0.15) is 16.7 Å². The number of hydrogen-bond acceptors (Lipinski definition) is 9. The van der Waals surface area contributed by atoms with E-state index in [0.717, 1.165) is 42.5 Å². The van der Waals surface area contributed by atoms with Crippen LogP contribution in [-0.2, 0) is 30.3 Å². The molecule has 7 atom stereocenters. The summed E-state index contributed by atoms with van der Waals surface area (Å²) in [5, 5.41) is 17.8. The van der Waals surface area contributed by atoms with E-state index < -0.39 is 48.0 Å². The topological polar surface area (TPSA) is 158 Å². The molecule has 1 aromatic heterocycles. The number of amides is 3. The standard InChI is InChI=1S/C44H61N5O7S/c1-9-28(4)39(47-41(52)36-17-13-14-22-48(36)7)43(53)49(8)37(27(2)3)25-38(56-30(6)50)42-46-35(26-57-42)40(51)45-34(23-29(5)44(54)55)24-31-18-20-33(21-19-31)32-15-11-10-12-16-32/h10-12,15-16,18-21,26-29,34,36-39H,9,13-14,17,22-25H2,1-8H3,(H,45,51)(H,47,52)(H,54,55)/t28?,29-,34+,36+,37?,38+,39-/m0/s1. The second kappa shape index (κ2) is 21.2. The van der Waals surface area contributed by atoms with Crippen LogP contribution in [-0.4, -0.2) is 94.4 Å². The fourth-order valence-corrected chi connectivity index (χ4v) is 8.33. The first-order valence-electron chi connectivity index (χ1n) is 20.2. The number of nitrogens with one attached hydrogen (secondary N) is 2. The van der Waals surface area contributed by atoms with Crippen LogP contribution >= 0.6 is 11.3 Å². The van der Waals surface area contributed by atoms with Crippen LogP contribution in [0.1, 0.15) is 107 Å². The second-order valence-electron chi connectivity index (χ2n) is 15.9. The fraction of sp³-hybridized carbons (Fsp3) is 0.545. The summed E-state index contributed by atoms with van der Waals surface area (Å²) in [4.78, 5) is 74.0. The van der Waals surface area contributed by atoms with Crippen molar-refractivity contribution in [2.45, 2.75) is 117 Å². The molecule has 2 unspecified atom stereocenters. The van der Waals surface area contributed by atoms with E-state index in [1.165, 1.54) is 18.3 Å². The van der Waals surface area contributed by atoms with Crippen molar-refractivity contribution in [3.05, 3.63) is 76.2 Å². The molecule has 57 heavy (non-hydrogen) atoms. The Morgan fingerprint density at radius 1 is 0.965 bits per heavy atom. The number of carbonyl (C=O) groups excluding carboxylic acids is 4. The van der Waals surface area contributed by atoms with E-state index in [1.807, 2.05) is 94.2 Å². The van der Waals surface area contributed by atoms with Crippen molar-refractivity contribution in [1.29, 1.82) is 0 Å². The van der Waals surface area contributed by atoms with Gasteiger partial charge in [0.2, 0.25) is 11.8 Å². The molecule has 1 fully saturated rings. The number of benzene rings is 2. The quantitative estimate of drug-likeness (QED) is 0.112. The van der Waals surface area contributed by atoms with Crippen molar-refractivity contribution in [3.8, 4) is 11.1 Å². The Kier molecular flexibility index (Phi) is 16.8. The lowest BCUT2D eigenvalue weighted by molar-refractivity contribution is -0.149. The molecule has 1 aliphatic heterocycles. The number of esters is 1. The lowest BCUT2D eigenvalue weighted by atomic mass is 9.92. The molecule has 4 rings (SSSR count). The number of likely N-dealkylation sites (tertiary alicyclic amines) is 1. The van der Waals surface area contributed by atoms with Crippen molar-refractivity contribution in [3.63, 3.8) is 0 Å². The van der Waals surface area contributed by atoms with Gasteiger partial charge in [0.25, 0.3) is 5.91 Å². The molecule has 0 aliphatic carbocycles. The number of carboxylic acids is 1. The van der Waals surface area contributed by atoms with Gasteiger partial charge in [0, 0.05) is 37.9 Å². The number of hydrogen-bond donors (Lipinski definition) is 3. The Balaban J connectivity index is 1.51. The van der Waals surface area contributed by atoms with Gasteiger partial charge >= 0.3 is 11.9 Å². The highest BCUT2D eigenvalue weighted by molar-refractivity contribution is 7.09. The average molecular weight is 804 g/mol. The van der Waals surface area contributed by atoms with Gasteiger partial charge in [0.15, 0.2) is 6.10 Å². The number of aromatic nitrogens is 1. The summed E-state index contributed by atoms with van der Waals surface area (Å²) >= 11 is 1.18. The summed E-state index contributed by atoms with van der Waals surface area (Å²) in [5.74, 6) is -3.18. The monoisotopic (exact) mass is 803 g/mol. The molecule has 3 N–H and O–H groups in total. The first-order chi connectivity index (χ1) is 27.1. The number of carbonyl (C=O) groups is 5. The first-order valence-corrected chi connectivity index (χ1v) is 21.0. The van der Waals surface area contributed by atoms with Gasteiger partial charge < -0.3 is 25.4 Å². The molecule has 0 saturated carbocycles. The van der Waals surface area contributed by atoms with E-state index in [-0.39, 0.29) is 48.2 Å². The normalized spacial score (nSPS) is 17.7. The van der Waals surface area contributed by atoms with Crippen molar-refractivity contribution in [2.75, 3.05) is 20.6 Å². The van der Waals surface area contributed by atoms with Gasteiger partial charge in [-0.2, -0.15) is 0 Å². The number of aliphatic carboxylic acids is 1. The smallest absolute Gasteiger partial charge is 0.306 e. The molecule has 12 nitrogen and oxygen atoms in total. The molecule has 310 valence electrons. The number of nitrogens with zero attached hydrogens (tertiary/aromatic N) is 3. The highest BCUT2D eigenvalue weighted by Crippen LogP contribution is 2.31. The number of carboxylic acid groups (broad SMARTS) is 1. The van der Waals surface area contributed by atoms with Crippen LogP contribution < -0.4 is 10.6 Å². The third-order valence-corrected chi connectivity index (χ3v) is 12.1. The minimum absolute atomic E-state index is 0.0590. The van der Waals surface area contributed by atoms with Crippen LogP contribution in [0, 0.1) is 17.8 Å². The second-order valence-corrected chi connectivity index (χ2v) is 16.8. The number of ether oxygens (including phenoxy) is 1. The van der Waals surface area contributed by atoms with Gasteiger partial charge in [0.05, 0.1) is 12.0 Å². The van der Waals surface area contributed by atoms with E-state index in [4.69, 9.17) is 4.74 Å². The van der Waals surface area contributed by atoms with Crippen LogP contribution in [0.5, 0.6) is 0 Å². The third-order valence-electron chi connectivity index (χ3n) is 11.2. The zero-order valence-electron chi connectivity index (χ0n) is 34.7. The summed E-state index contributed by atoms with van der Waals surface area (Å²) < 4.78 is 5.80. The van der Waals surface area contributed by atoms with Crippen LogP contribution in [0.2, 0.25) is 0 Å². The molecule has 3 aromatic rings. The maximum Gasteiger partial charge on any atom is 0.306 e. The van der Waals surface area contributed by atoms with Crippen molar-refractivity contribution in [2.24, 2.45) is 17.8 Å². The molecule has 2 aromatic carbocycles. The van der Waals surface area contributed by atoms with Gasteiger partial charge in [-0.3, -0.25) is 28.9 Å². The van der Waals surface area contributed by atoms with Gasteiger partial charge in [-0.05, 0) is 67.8 Å². The Morgan fingerprint density at radius 2 is 1.63 bits per heavy atom. The number of likely N-dealkylation sites (N-methyl/N-ethyl adjacent to an activating group) is 2. The molecule has 13 heteroatoms. The molecule has 0 radical (unpaired) electrons. The van der Waals surface area contributed by atoms with E-state index in [2.05, 4.69) is 15.6 Å². The van der Waals surface area contributed by atoms with Gasteiger partial charge in [-0.25, -0.2) is 4.98 Å². The summed E-state index contributed by atoms with van der Waals surface area (Å²) in [6.07, 6.45) is 3.43. The predicted molar refractivity (Wildman–Crippen MR) is 223 cm³/mol. The summed E-state index contributed by atoms with van der Waals surface area (Å²) in [6, 6.07) is 16.1. The first kappa shape index (κ1) is 45.1. The zero-order valence-corrected chi connectivity index (χ0v) is 35.5. The minimum Gasteiger partial charge on any atom is -0.481 e. The molecule has 0 spiro atoms. The predicted octanol–water partition coefficient (Wildman–Crippen LogP) is 6.75. The van der Waals surface area contributed by atoms with Crippen LogP contribution in [0.4, 0.5) is 0 Å². The lowest BCUT2D eigenvalue weighted by Gasteiger charge is -2.38. The Hall–Kier alpha value is -4.62. The molecule has 1 aliphatic rings. The summed E-state index contributed by atoms with van der Waals surface area (Å²) in [5.41, 5.74) is 3.20. The highest BCUT2D eigenvalue weighted by atomic mass is 32.1. The van der Waals surface area contributed by atoms with Crippen molar-refractivity contribution < 1.29 is 33.8 Å². The van der Waals surface area contributed by atoms with Gasteiger partial charge in [-0.15, -0.1) is 11.3 Å². The maximum atomic E-state index is 14.2. The Morgan fingerprint density at radius 3 is 2.23 bits per heavy atom. The third kappa shape index (κ3) is 12.7. The zero-order chi connectivity index (χ0) is 41.8. The highest BCUT2D eigenvalue weighted by Gasteiger charge is 2.37.